The zero-order valence-corrected chi connectivity index (χ0v) is 18.6. The molecule has 1 aromatic heterocycles. The molecule has 3 aromatic carbocycles. The zero-order chi connectivity index (χ0) is 23.1. The third kappa shape index (κ3) is 3.40. The van der Waals surface area contributed by atoms with E-state index >= 15 is 0 Å². The Balaban J connectivity index is 1.78. The Morgan fingerprint density at radius 2 is 1.61 bits per heavy atom. The Morgan fingerprint density at radius 3 is 2.33 bits per heavy atom. The van der Waals surface area contributed by atoms with Crippen LogP contribution in [0.15, 0.2) is 77.6 Å². The van der Waals surface area contributed by atoms with E-state index in [1.807, 2.05) is 68.4 Å². The monoisotopic (exact) mass is 437 g/mol. The largest absolute Gasteiger partial charge is 0.497 e. The average Bonchev–Trinajstić information content (AvgIpc) is 3.11. The standard InChI is InChI=1S/C27H23N3O3/c1-17(2)29-24-11-7-5-8-20(24)22(27(29)32)16-25-28-23-10-6-4-9-21(23)26(31)30(25)18-12-14-19(33-3)15-13-18/h4-17H,1-3H3/b22-16+. The highest BCUT2D eigenvalue weighted by molar-refractivity contribution is 6.35. The molecule has 0 bridgehead atoms. The highest BCUT2D eigenvalue weighted by atomic mass is 16.5. The second-order valence-electron chi connectivity index (χ2n) is 8.17. The summed E-state index contributed by atoms with van der Waals surface area (Å²) in [5, 5.41) is 0.512. The summed E-state index contributed by atoms with van der Waals surface area (Å²) in [6.07, 6.45) is 1.72. The first kappa shape index (κ1) is 20.7. The van der Waals surface area contributed by atoms with E-state index in [9.17, 15) is 9.59 Å². The lowest BCUT2D eigenvalue weighted by Gasteiger charge is -2.21. The zero-order valence-electron chi connectivity index (χ0n) is 18.6. The molecular weight excluding hydrogens is 414 g/mol. The number of carbonyl (C=O) groups is 1. The normalized spacial score (nSPS) is 14.4. The van der Waals surface area contributed by atoms with Gasteiger partial charge >= 0.3 is 0 Å². The van der Waals surface area contributed by atoms with E-state index in [0.717, 1.165) is 11.3 Å². The summed E-state index contributed by atoms with van der Waals surface area (Å²) in [5.41, 5.74) is 3.24. The quantitative estimate of drug-likeness (QED) is 0.435. The lowest BCUT2D eigenvalue weighted by Crippen LogP contribution is -2.33. The van der Waals surface area contributed by atoms with Crippen LogP contribution in [0.1, 0.15) is 25.2 Å². The van der Waals surface area contributed by atoms with Gasteiger partial charge in [0.1, 0.15) is 11.6 Å². The molecule has 1 amide bonds. The Kier molecular flexibility index (Phi) is 5.05. The Bertz CT molecular complexity index is 1470. The van der Waals surface area contributed by atoms with E-state index in [2.05, 4.69) is 0 Å². The van der Waals surface area contributed by atoms with E-state index in [1.54, 1.807) is 40.9 Å². The second kappa shape index (κ2) is 8.06. The molecule has 0 fully saturated rings. The van der Waals surface area contributed by atoms with Crippen LogP contribution in [0, 0.1) is 0 Å². The van der Waals surface area contributed by atoms with Gasteiger partial charge in [-0.15, -0.1) is 0 Å². The van der Waals surface area contributed by atoms with Crippen molar-refractivity contribution in [1.29, 1.82) is 0 Å². The number of hydrogen-bond donors (Lipinski definition) is 0. The van der Waals surface area contributed by atoms with Crippen LogP contribution in [0.25, 0.3) is 28.2 Å². The van der Waals surface area contributed by atoms with Crippen LogP contribution in [0.2, 0.25) is 0 Å². The highest BCUT2D eigenvalue weighted by Gasteiger charge is 2.34. The molecule has 0 saturated heterocycles. The molecule has 0 spiro atoms. The lowest BCUT2D eigenvalue weighted by molar-refractivity contribution is -0.113. The Labute approximate surface area is 191 Å². The molecular formula is C27H23N3O3. The molecule has 0 N–H and O–H groups in total. The van der Waals surface area contributed by atoms with Crippen molar-refractivity contribution < 1.29 is 9.53 Å². The lowest BCUT2D eigenvalue weighted by atomic mass is 10.1. The third-order valence-corrected chi connectivity index (χ3v) is 5.83. The highest BCUT2D eigenvalue weighted by Crippen LogP contribution is 2.38. The van der Waals surface area contributed by atoms with Crippen LogP contribution in [-0.2, 0) is 4.79 Å². The van der Waals surface area contributed by atoms with Gasteiger partial charge in [-0.05, 0) is 62.4 Å². The first-order valence-electron chi connectivity index (χ1n) is 10.8. The maximum Gasteiger partial charge on any atom is 0.266 e. The van der Waals surface area contributed by atoms with Crippen LogP contribution < -0.4 is 15.2 Å². The molecule has 2 heterocycles. The number of ether oxygens (including phenoxy) is 1. The molecule has 4 aromatic rings. The van der Waals surface area contributed by atoms with Crippen LogP contribution in [0.4, 0.5) is 5.69 Å². The van der Waals surface area contributed by atoms with Crippen LogP contribution in [-0.4, -0.2) is 28.6 Å². The van der Waals surface area contributed by atoms with E-state index < -0.39 is 0 Å². The summed E-state index contributed by atoms with van der Waals surface area (Å²) in [6.45, 7) is 3.97. The van der Waals surface area contributed by atoms with Gasteiger partial charge in [0.25, 0.3) is 11.5 Å². The predicted molar refractivity (Wildman–Crippen MR) is 131 cm³/mol. The molecule has 1 aliphatic rings. The number of hydrogen-bond acceptors (Lipinski definition) is 4. The van der Waals surface area contributed by atoms with Gasteiger partial charge in [0.2, 0.25) is 0 Å². The van der Waals surface area contributed by atoms with Crippen LogP contribution in [0.5, 0.6) is 5.75 Å². The molecule has 1 aliphatic heterocycles. The van der Waals surface area contributed by atoms with Gasteiger partial charge in [-0.25, -0.2) is 4.98 Å². The first-order valence-corrected chi connectivity index (χ1v) is 10.8. The number of fused-ring (bicyclic) bond motifs is 2. The molecule has 0 saturated carbocycles. The Morgan fingerprint density at radius 1 is 0.909 bits per heavy atom. The minimum absolute atomic E-state index is 0.00195. The average molecular weight is 437 g/mol. The molecule has 0 unspecified atom stereocenters. The van der Waals surface area contributed by atoms with Gasteiger partial charge in [0.05, 0.1) is 35.0 Å². The molecule has 6 heteroatoms. The van der Waals surface area contributed by atoms with Crippen molar-refractivity contribution in [2.45, 2.75) is 19.9 Å². The molecule has 33 heavy (non-hydrogen) atoms. The fourth-order valence-electron chi connectivity index (χ4n) is 4.27. The maximum atomic E-state index is 13.5. The summed E-state index contributed by atoms with van der Waals surface area (Å²) >= 11 is 0. The minimum atomic E-state index is -0.197. The molecule has 164 valence electrons. The summed E-state index contributed by atoms with van der Waals surface area (Å²) in [4.78, 5) is 33.5. The molecule has 0 atom stereocenters. The summed E-state index contributed by atoms with van der Waals surface area (Å²) in [6, 6.07) is 22.1. The van der Waals surface area contributed by atoms with Gasteiger partial charge in [-0.1, -0.05) is 30.3 Å². The number of methoxy groups -OCH3 is 1. The molecule has 0 radical (unpaired) electrons. The van der Waals surface area contributed by atoms with Crippen molar-refractivity contribution in [2.24, 2.45) is 0 Å². The third-order valence-electron chi connectivity index (χ3n) is 5.83. The fraction of sp³-hybridized carbons (Fsp3) is 0.148. The van der Waals surface area contributed by atoms with Crippen molar-refractivity contribution in [2.75, 3.05) is 12.0 Å². The van der Waals surface area contributed by atoms with E-state index in [0.29, 0.717) is 33.7 Å². The topological polar surface area (TPSA) is 64.4 Å². The van der Waals surface area contributed by atoms with Crippen LogP contribution in [0.3, 0.4) is 0 Å². The van der Waals surface area contributed by atoms with E-state index in [-0.39, 0.29) is 17.5 Å². The molecule has 0 aliphatic carbocycles. The number of anilines is 1. The first-order chi connectivity index (χ1) is 16.0. The Hall–Kier alpha value is -4.19. The minimum Gasteiger partial charge on any atom is -0.497 e. The summed E-state index contributed by atoms with van der Waals surface area (Å²) in [7, 11) is 1.60. The van der Waals surface area contributed by atoms with Crippen molar-refractivity contribution >= 4 is 34.1 Å². The van der Waals surface area contributed by atoms with Crippen molar-refractivity contribution in [3.05, 3.63) is 94.5 Å². The van der Waals surface area contributed by atoms with Crippen LogP contribution >= 0.6 is 0 Å². The predicted octanol–water partition coefficient (Wildman–Crippen LogP) is 4.69. The number of rotatable bonds is 4. The van der Waals surface area contributed by atoms with Gasteiger partial charge in [0.15, 0.2) is 0 Å². The van der Waals surface area contributed by atoms with Crippen molar-refractivity contribution in [3.63, 3.8) is 0 Å². The molecule has 6 nitrogen and oxygen atoms in total. The van der Waals surface area contributed by atoms with Gasteiger partial charge in [-0.2, -0.15) is 0 Å². The van der Waals surface area contributed by atoms with E-state index in [4.69, 9.17) is 9.72 Å². The number of para-hydroxylation sites is 2. The smallest absolute Gasteiger partial charge is 0.266 e. The summed E-state index contributed by atoms with van der Waals surface area (Å²) in [5.74, 6) is 0.982. The number of nitrogens with zero attached hydrogens (tertiary/aromatic N) is 3. The van der Waals surface area contributed by atoms with Crippen molar-refractivity contribution in [1.82, 2.24) is 9.55 Å². The number of amides is 1. The number of aromatic nitrogens is 2. The maximum absolute atomic E-state index is 13.5. The fourth-order valence-corrected chi connectivity index (χ4v) is 4.27. The van der Waals surface area contributed by atoms with Gasteiger partial charge in [-0.3, -0.25) is 14.2 Å². The molecule has 5 rings (SSSR count). The SMILES string of the molecule is COc1ccc(-n2c(/C=C3/C(=O)N(C(C)C)c4ccccc43)nc3ccccc3c2=O)cc1. The summed E-state index contributed by atoms with van der Waals surface area (Å²) < 4.78 is 6.81. The van der Waals surface area contributed by atoms with E-state index in [1.165, 1.54) is 0 Å². The second-order valence-corrected chi connectivity index (χ2v) is 8.17. The van der Waals surface area contributed by atoms with Gasteiger partial charge in [0, 0.05) is 11.6 Å². The van der Waals surface area contributed by atoms with Gasteiger partial charge < -0.3 is 9.64 Å². The number of carbonyl (C=O) groups excluding carboxylic acids is 1. The van der Waals surface area contributed by atoms with Crippen molar-refractivity contribution in [3.8, 4) is 11.4 Å². The number of benzene rings is 3.